The van der Waals surface area contributed by atoms with Crippen LogP contribution in [0.25, 0.3) is 61.0 Å². The lowest BCUT2D eigenvalue weighted by molar-refractivity contribution is 0.483. The van der Waals surface area contributed by atoms with E-state index in [9.17, 15) is 0 Å². The van der Waals surface area contributed by atoms with Gasteiger partial charge in [-0.2, -0.15) is 0 Å². The van der Waals surface area contributed by atoms with Crippen LogP contribution < -0.4 is 14.5 Å². The second-order valence-electron chi connectivity index (χ2n) is 20.0. The number of benzene rings is 8. The van der Waals surface area contributed by atoms with Gasteiger partial charge in [0.25, 0.3) is 0 Å². The van der Waals surface area contributed by atoms with Crippen molar-refractivity contribution in [2.24, 2.45) is 0 Å². The van der Waals surface area contributed by atoms with Gasteiger partial charge in [-0.05, 0) is 111 Å². The molecule has 0 unspecified atom stereocenters. The minimum Gasteiger partial charge on any atom is -0.457 e. The molecule has 3 heterocycles. The molecule has 10 aromatic rings. The third kappa shape index (κ3) is 8.02. The first-order valence-corrected chi connectivity index (χ1v) is 24.4. The van der Waals surface area contributed by atoms with E-state index in [0.717, 1.165) is 56.4 Å². The average molecular weight is 899 g/mol. The molecule has 0 saturated heterocycles. The fraction of sp³-hybridized carbons (Fsp3) is 0.172. The first-order chi connectivity index (χ1) is 33.5. The third-order valence-corrected chi connectivity index (χ3v) is 13.8. The average Bonchev–Trinajstić information content (AvgIpc) is 3.92. The number of rotatable bonds is 10. The van der Waals surface area contributed by atoms with Crippen molar-refractivity contribution in [3.63, 3.8) is 0 Å². The Hall–Kier alpha value is -7.89. The van der Waals surface area contributed by atoms with Gasteiger partial charge in [0.15, 0.2) is 0 Å². The molecule has 2 aromatic heterocycles. The van der Waals surface area contributed by atoms with Crippen molar-refractivity contribution in [1.29, 1.82) is 0 Å². The van der Waals surface area contributed by atoms with Gasteiger partial charge in [0.05, 0.1) is 28.1 Å². The fourth-order valence-electron chi connectivity index (χ4n) is 10.4. The van der Waals surface area contributed by atoms with Gasteiger partial charge >= 0.3 is 0 Å². The highest BCUT2D eigenvalue weighted by Gasteiger charge is 2.32. The second kappa shape index (κ2) is 17.6. The molecule has 5 nitrogen and oxygen atoms in total. The zero-order valence-corrected chi connectivity index (χ0v) is 40.6. The summed E-state index contributed by atoms with van der Waals surface area (Å²) in [7, 11) is 0. The van der Waals surface area contributed by atoms with Gasteiger partial charge in [-0.3, -0.25) is 4.57 Å². The van der Waals surface area contributed by atoms with Gasteiger partial charge < -0.3 is 14.5 Å². The van der Waals surface area contributed by atoms with Crippen LogP contribution in [-0.4, -0.2) is 16.2 Å². The number of para-hydroxylation sites is 4. The van der Waals surface area contributed by atoms with E-state index >= 15 is 0 Å². The van der Waals surface area contributed by atoms with Crippen LogP contribution in [0.2, 0.25) is 0 Å². The molecule has 0 radical (unpaired) electrons. The Labute approximate surface area is 406 Å². The predicted octanol–water partition coefficient (Wildman–Crippen LogP) is 17.8. The molecule has 0 spiro atoms. The number of aromatic nitrogens is 2. The Kier molecular flexibility index (Phi) is 11.2. The summed E-state index contributed by atoms with van der Waals surface area (Å²) in [4.78, 5) is 9.93. The summed E-state index contributed by atoms with van der Waals surface area (Å²) in [6.07, 6.45) is 1.94. The highest BCUT2D eigenvalue weighted by Crippen LogP contribution is 2.51. The summed E-state index contributed by atoms with van der Waals surface area (Å²) in [6.45, 7) is 16.5. The second-order valence-corrected chi connectivity index (χ2v) is 20.0. The molecule has 0 amide bonds. The summed E-state index contributed by atoms with van der Waals surface area (Å²) in [5.74, 6) is 3.06. The number of hydrogen-bond donors (Lipinski definition) is 0. The molecule has 0 aliphatic carbocycles. The van der Waals surface area contributed by atoms with Gasteiger partial charge in [-0.15, -0.1) is 0 Å². The molecule has 0 fully saturated rings. The van der Waals surface area contributed by atoms with E-state index in [4.69, 9.17) is 9.72 Å². The Balaban J connectivity index is 1.09. The number of ether oxygens (including phenoxy) is 1. The number of hydrogen-bond acceptors (Lipinski definition) is 4. The third-order valence-electron chi connectivity index (χ3n) is 13.8. The van der Waals surface area contributed by atoms with Gasteiger partial charge in [0.1, 0.15) is 24.0 Å². The minimum atomic E-state index is -0.0284. The lowest BCUT2D eigenvalue weighted by Gasteiger charge is -2.28. The van der Waals surface area contributed by atoms with E-state index in [1.165, 1.54) is 55.6 Å². The Morgan fingerprint density at radius 3 is 1.74 bits per heavy atom. The van der Waals surface area contributed by atoms with E-state index in [2.05, 4.69) is 257 Å². The first-order valence-electron chi connectivity index (χ1n) is 24.4. The number of nitrogens with zero attached hydrogens (tertiary/aromatic N) is 4. The first kappa shape index (κ1) is 43.7. The molecule has 1 aliphatic heterocycles. The van der Waals surface area contributed by atoms with Crippen LogP contribution in [0.3, 0.4) is 0 Å². The summed E-state index contributed by atoms with van der Waals surface area (Å²) < 4.78 is 9.48. The zero-order valence-electron chi connectivity index (χ0n) is 40.6. The summed E-state index contributed by atoms with van der Waals surface area (Å²) in [5, 5.41) is 2.33. The summed E-state index contributed by atoms with van der Waals surface area (Å²) >= 11 is 0. The van der Waals surface area contributed by atoms with Crippen molar-refractivity contribution in [3.05, 3.63) is 217 Å². The highest BCUT2D eigenvalue weighted by molar-refractivity contribution is 6.09. The zero-order chi connectivity index (χ0) is 47.4. The van der Waals surface area contributed by atoms with E-state index in [-0.39, 0.29) is 5.41 Å². The van der Waals surface area contributed by atoms with Crippen LogP contribution in [0, 0.1) is 0 Å². The molecule has 340 valence electrons. The van der Waals surface area contributed by atoms with Crippen molar-refractivity contribution in [3.8, 4) is 50.7 Å². The highest BCUT2D eigenvalue weighted by atomic mass is 16.5. The number of fused-ring (bicyclic) bond motifs is 4. The molecule has 0 bridgehead atoms. The molecule has 1 aliphatic rings. The van der Waals surface area contributed by atoms with Crippen LogP contribution in [0.5, 0.6) is 11.5 Å². The maximum atomic E-state index is 7.19. The molecule has 11 rings (SSSR count). The van der Waals surface area contributed by atoms with Crippen molar-refractivity contribution in [2.75, 3.05) is 16.5 Å². The van der Waals surface area contributed by atoms with Crippen LogP contribution in [-0.2, 0) is 5.41 Å². The van der Waals surface area contributed by atoms with Gasteiger partial charge in [-0.1, -0.05) is 176 Å². The lowest BCUT2D eigenvalue weighted by Crippen LogP contribution is -2.25. The molecule has 8 aromatic carbocycles. The normalized spacial score (nSPS) is 12.7. The fourth-order valence-corrected chi connectivity index (χ4v) is 10.4. The molecular formula is C64H58N4O. The monoisotopic (exact) mass is 898 g/mol. The molecule has 69 heavy (non-hydrogen) atoms. The Morgan fingerprint density at radius 1 is 0.493 bits per heavy atom. The van der Waals surface area contributed by atoms with Crippen molar-refractivity contribution in [1.82, 2.24) is 9.55 Å². The number of anilines is 4. The quantitative estimate of drug-likeness (QED) is 0.137. The SMILES string of the molecule is CC(C)c1cccc(C(C)C)c1-c1cc(Oc2ccc3c4ccccc4n(-c4cc(C(C)(C)C)ccn4)c3c2)cc(N2CN(c3c(-c4ccccc4)cccc3-c3ccccc3)c3ccccc32)c1. The van der Waals surface area contributed by atoms with E-state index in [0.29, 0.717) is 18.5 Å². The topological polar surface area (TPSA) is 33.5 Å². The van der Waals surface area contributed by atoms with Crippen LogP contribution in [0.4, 0.5) is 22.7 Å². The maximum Gasteiger partial charge on any atom is 0.137 e. The van der Waals surface area contributed by atoms with Crippen LogP contribution in [0.15, 0.2) is 200 Å². The van der Waals surface area contributed by atoms with E-state index < -0.39 is 0 Å². The Bertz CT molecular complexity index is 3420. The van der Waals surface area contributed by atoms with E-state index in [1.54, 1.807) is 0 Å². The predicted molar refractivity (Wildman–Crippen MR) is 290 cm³/mol. The van der Waals surface area contributed by atoms with Crippen molar-refractivity contribution < 1.29 is 4.74 Å². The molecular weight excluding hydrogens is 841 g/mol. The smallest absolute Gasteiger partial charge is 0.137 e. The molecule has 0 N–H and O–H groups in total. The largest absolute Gasteiger partial charge is 0.457 e. The maximum absolute atomic E-state index is 7.19. The molecule has 0 atom stereocenters. The molecule has 5 heteroatoms. The number of pyridine rings is 1. The Morgan fingerprint density at radius 2 is 1.09 bits per heavy atom. The minimum absolute atomic E-state index is 0.0284. The lowest BCUT2D eigenvalue weighted by atomic mass is 9.85. The van der Waals surface area contributed by atoms with Crippen LogP contribution >= 0.6 is 0 Å². The summed E-state index contributed by atoms with van der Waals surface area (Å²) in [5.41, 5.74) is 17.7. The molecule has 0 saturated carbocycles. The van der Waals surface area contributed by atoms with Gasteiger partial charge in [0, 0.05) is 45.9 Å². The van der Waals surface area contributed by atoms with Gasteiger partial charge in [-0.25, -0.2) is 4.98 Å². The van der Waals surface area contributed by atoms with Crippen LogP contribution in [0.1, 0.15) is 77.0 Å². The standard InChI is InChI=1S/C64H58N4O/c1-42(2)51-25-18-26-52(43(3)4)62(51)46-36-48(39-50(37-46)69-49-32-33-56-55-24-14-15-29-57(55)68(60(56)40-49)61-38-47(34-35-65-61)64(5,6)7)66-41-67(59-31-17-16-30-58(59)66)63-53(44-20-10-8-11-21-44)27-19-28-54(63)45-22-12-9-13-23-45/h8-40,42-43H,41H2,1-7H3. The summed E-state index contributed by atoms with van der Waals surface area (Å²) in [6, 6.07) is 70.3. The van der Waals surface area contributed by atoms with E-state index in [1.807, 2.05) is 6.20 Å². The van der Waals surface area contributed by atoms with Crippen molar-refractivity contribution in [2.45, 2.75) is 65.7 Å². The van der Waals surface area contributed by atoms with Gasteiger partial charge in [0.2, 0.25) is 0 Å². The van der Waals surface area contributed by atoms with Crippen molar-refractivity contribution >= 4 is 44.6 Å².